The number of hydrogen-bond acceptors (Lipinski definition) is 8. The van der Waals surface area contributed by atoms with E-state index < -0.39 is 60.2 Å². The Balaban J connectivity index is 4.99. The summed E-state index contributed by atoms with van der Waals surface area (Å²) in [6.07, 6.45) is 2.88. The topological polar surface area (TPSA) is 214 Å². The molecule has 0 aromatic rings. The molecule has 0 saturated carbocycles. The van der Waals surface area contributed by atoms with E-state index in [-0.39, 0.29) is 6.42 Å². The zero-order chi connectivity index (χ0) is 24.0. The van der Waals surface area contributed by atoms with Gasteiger partial charge in [-0.05, 0) is 44.7 Å². The highest BCUT2D eigenvalue weighted by atomic mass is 32.2. The SMILES string of the molecule is CSCCC(NC(=O)C(CC(=O)O)NC(=O)C(C)NC(=O)C(N)CCCCN)C(=O)O. The molecule has 3 amide bonds. The number of hydrogen-bond donors (Lipinski definition) is 7. The Bertz CT molecular complexity index is 634. The monoisotopic (exact) mass is 463 g/mol. The normalized spacial score (nSPS) is 14.6. The lowest BCUT2D eigenvalue weighted by molar-refractivity contribution is -0.143. The van der Waals surface area contributed by atoms with Gasteiger partial charge < -0.3 is 37.6 Å². The van der Waals surface area contributed by atoms with Gasteiger partial charge in [-0.2, -0.15) is 11.8 Å². The van der Waals surface area contributed by atoms with Gasteiger partial charge in [0.25, 0.3) is 0 Å². The fourth-order valence-electron chi connectivity index (χ4n) is 2.47. The van der Waals surface area contributed by atoms with Crippen LogP contribution in [0.2, 0.25) is 0 Å². The first kappa shape index (κ1) is 28.6. The Labute approximate surface area is 185 Å². The predicted molar refractivity (Wildman–Crippen MR) is 115 cm³/mol. The van der Waals surface area contributed by atoms with Crippen molar-refractivity contribution in [2.75, 3.05) is 18.6 Å². The summed E-state index contributed by atoms with van der Waals surface area (Å²) in [5.74, 6) is -4.49. The van der Waals surface area contributed by atoms with Gasteiger partial charge in [0, 0.05) is 0 Å². The summed E-state index contributed by atoms with van der Waals surface area (Å²) in [6.45, 7) is 1.83. The lowest BCUT2D eigenvalue weighted by atomic mass is 10.1. The van der Waals surface area contributed by atoms with Crippen LogP contribution in [0.4, 0.5) is 0 Å². The van der Waals surface area contributed by atoms with Gasteiger partial charge in [0.2, 0.25) is 17.7 Å². The van der Waals surface area contributed by atoms with Gasteiger partial charge in [-0.3, -0.25) is 19.2 Å². The van der Waals surface area contributed by atoms with Gasteiger partial charge >= 0.3 is 11.9 Å². The number of unbranched alkanes of at least 4 members (excludes halogenated alkanes) is 1. The number of nitrogens with one attached hydrogen (secondary N) is 3. The number of carbonyl (C=O) groups is 5. The van der Waals surface area contributed by atoms with Gasteiger partial charge in [0.05, 0.1) is 12.5 Å². The van der Waals surface area contributed by atoms with Crippen molar-refractivity contribution in [2.24, 2.45) is 11.5 Å². The standard InChI is InChI=1S/C18H33N5O7S/c1-10(21-16(27)11(20)5-3-4-7-19)15(26)23-13(9-14(24)25)17(28)22-12(18(29)30)6-8-31-2/h10-13H,3-9,19-20H2,1-2H3,(H,21,27)(H,22,28)(H,23,26)(H,24,25)(H,29,30). The average molecular weight is 464 g/mol. The highest BCUT2D eigenvalue weighted by Crippen LogP contribution is 2.04. The minimum absolute atomic E-state index is 0.129. The molecule has 31 heavy (non-hydrogen) atoms. The average Bonchev–Trinajstić information content (AvgIpc) is 2.69. The summed E-state index contributed by atoms with van der Waals surface area (Å²) in [5.41, 5.74) is 11.1. The third-order valence-corrected chi connectivity index (χ3v) is 4.94. The number of rotatable bonds is 16. The molecule has 0 saturated heterocycles. The van der Waals surface area contributed by atoms with Gasteiger partial charge in [-0.1, -0.05) is 6.42 Å². The number of carboxylic acids is 2. The maximum Gasteiger partial charge on any atom is 0.326 e. The summed E-state index contributed by atoms with van der Waals surface area (Å²) in [6, 6.07) is -4.67. The van der Waals surface area contributed by atoms with Crippen molar-refractivity contribution in [1.29, 1.82) is 0 Å². The maximum atomic E-state index is 12.4. The quantitative estimate of drug-likeness (QED) is 0.128. The molecular weight excluding hydrogens is 430 g/mol. The molecule has 178 valence electrons. The molecule has 0 aromatic heterocycles. The van der Waals surface area contributed by atoms with E-state index in [1.807, 2.05) is 0 Å². The van der Waals surface area contributed by atoms with Crippen LogP contribution in [-0.2, 0) is 24.0 Å². The van der Waals surface area contributed by atoms with E-state index in [9.17, 15) is 29.1 Å². The Morgan fingerprint density at radius 2 is 1.52 bits per heavy atom. The number of carbonyl (C=O) groups excluding carboxylic acids is 3. The van der Waals surface area contributed by atoms with E-state index in [4.69, 9.17) is 16.6 Å². The molecule has 12 nitrogen and oxygen atoms in total. The second-order valence-corrected chi connectivity index (χ2v) is 7.95. The Morgan fingerprint density at radius 1 is 0.903 bits per heavy atom. The molecule has 0 aliphatic carbocycles. The molecule has 0 spiro atoms. The van der Waals surface area contributed by atoms with Crippen molar-refractivity contribution in [2.45, 2.75) is 63.2 Å². The zero-order valence-electron chi connectivity index (χ0n) is 17.8. The fraction of sp³-hybridized carbons (Fsp3) is 0.722. The molecule has 0 fully saturated rings. The molecule has 0 heterocycles. The summed E-state index contributed by atoms with van der Waals surface area (Å²) in [7, 11) is 0. The van der Waals surface area contributed by atoms with E-state index in [2.05, 4.69) is 16.0 Å². The minimum Gasteiger partial charge on any atom is -0.481 e. The maximum absolute atomic E-state index is 12.4. The van der Waals surface area contributed by atoms with E-state index in [1.165, 1.54) is 18.7 Å². The minimum atomic E-state index is -1.52. The number of amides is 3. The second-order valence-electron chi connectivity index (χ2n) is 6.96. The molecule has 0 aromatic carbocycles. The summed E-state index contributed by atoms with van der Waals surface area (Å²) in [5, 5.41) is 25.2. The number of aliphatic carboxylic acids is 2. The Kier molecular flexibility index (Phi) is 14.2. The molecule has 0 aliphatic rings. The third-order valence-electron chi connectivity index (χ3n) is 4.30. The van der Waals surface area contributed by atoms with Crippen molar-refractivity contribution in [3.63, 3.8) is 0 Å². The van der Waals surface area contributed by atoms with Crippen LogP contribution in [0.15, 0.2) is 0 Å². The zero-order valence-corrected chi connectivity index (χ0v) is 18.6. The molecular formula is C18H33N5O7S. The van der Waals surface area contributed by atoms with E-state index in [0.717, 1.165) is 0 Å². The number of carboxylic acid groups (broad SMARTS) is 2. The Morgan fingerprint density at radius 3 is 2.03 bits per heavy atom. The predicted octanol–water partition coefficient (Wildman–Crippen LogP) is -1.77. The first-order valence-corrected chi connectivity index (χ1v) is 11.2. The number of thioether (sulfide) groups is 1. The molecule has 13 heteroatoms. The first-order chi connectivity index (χ1) is 14.5. The lowest BCUT2D eigenvalue weighted by Gasteiger charge is -2.23. The largest absolute Gasteiger partial charge is 0.481 e. The first-order valence-electron chi connectivity index (χ1n) is 9.83. The molecule has 0 radical (unpaired) electrons. The molecule has 4 atom stereocenters. The second kappa shape index (κ2) is 15.4. The van der Waals surface area contributed by atoms with Crippen LogP contribution in [0.3, 0.4) is 0 Å². The van der Waals surface area contributed by atoms with Crippen LogP contribution in [0.5, 0.6) is 0 Å². The molecule has 4 unspecified atom stereocenters. The summed E-state index contributed by atoms with van der Waals surface area (Å²) >= 11 is 1.39. The highest BCUT2D eigenvalue weighted by Gasteiger charge is 2.30. The Hall–Kier alpha value is -2.38. The van der Waals surface area contributed by atoms with Gasteiger partial charge in [0.15, 0.2) is 0 Å². The number of nitrogens with two attached hydrogens (primary N) is 2. The van der Waals surface area contributed by atoms with E-state index >= 15 is 0 Å². The van der Waals surface area contributed by atoms with Crippen LogP contribution in [-0.4, -0.2) is 82.6 Å². The van der Waals surface area contributed by atoms with Crippen LogP contribution >= 0.6 is 11.8 Å². The van der Waals surface area contributed by atoms with Crippen LogP contribution in [0, 0.1) is 0 Å². The van der Waals surface area contributed by atoms with Crippen LogP contribution < -0.4 is 27.4 Å². The molecule has 0 bridgehead atoms. The van der Waals surface area contributed by atoms with Gasteiger partial charge in [-0.25, -0.2) is 4.79 Å². The fourth-order valence-corrected chi connectivity index (χ4v) is 2.94. The molecule has 0 rings (SSSR count). The summed E-state index contributed by atoms with van der Waals surface area (Å²) < 4.78 is 0. The highest BCUT2D eigenvalue weighted by molar-refractivity contribution is 7.98. The third kappa shape index (κ3) is 12.2. The van der Waals surface area contributed by atoms with Crippen molar-refractivity contribution in [3.8, 4) is 0 Å². The van der Waals surface area contributed by atoms with Crippen molar-refractivity contribution < 1.29 is 34.2 Å². The van der Waals surface area contributed by atoms with E-state index in [1.54, 1.807) is 6.26 Å². The molecule has 0 aliphatic heterocycles. The smallest absolute Gasteiger partial charge is 0.326 e. The lowest BCUT2D eigenvalue weighted by Crippen LogP contribution is -2.56. The summed E-state index contributed by atoms with van der Waals surface area (Å²) in [4.78, 5) is 59.3. The van der Waals surface area contributed by atoms with Gasteiger partial charge in [-0.15, -0.1) is 0 Å². The van der Waals surface area contributed by atoms with Crippen LogP contribution in [0.25, 0.3) is 0 Å². The van der Waals surface area contributed by atoms with Crippen molar-refractivity contribution >= 4 is 41.4 Å². The van der Waals surface area contributed by atoms with Crippen LogP contribution in [0.1, 0.15) is 39.0 Å². The molecule has 9 N–H and O–H groups in total. The van der Waals surface area contributed by atoms with Crippen molar-refractivity contribution in [3.05, 3.63) is 0 Å². The van der Waals surface area contributed by atoms with Crippen molar-refractivity contribution in [1.82, 2.24) is 16.0 Å². The van der Waals surface area contributed by atoms with Gasteiger partial charge in [0.1, 0.15) is 18.1 Å². The van der Waals surface area contributed by atoms with E-state index in [0.29, 0.717) is 31.6 Å².